The number of hydrogen-bond acceptors (Lipinski definition) is 6. The topological polar surface area (TPSA) is 140 Å². The fourth-order valence-corrected chi connectivity index (χ4v) is 1.00. The lowest BCUT2D eigenvalue weighted by Crippen LogP contribution is -2.65. The summed E-state index contributed by atoms with van der Waals surface area (Å²) in [5, 5.41) is 0. The van der Waals surface area contributed by atoms with Gasteiger partial charge in [-0.15, -0.1) is 0 Å². The molecule has 3 N–H and O–H groups in total. The van der Waals surface area contributed by atoms with Crippen molar-refractivity contribution in [1.29, 1.82) is 0 Å². The van der Waals surface area contributed by atoms with E-state index >= 15 is 0 Å². The van der Waals surface area contributed by atoms with Crippen LogP contribution >= 0.6 is 7.82 Å². The number of phosphoric acid groups is 1. The van der Waals surface area contributed by atoms with Crippen LogP contribution in [0.4, 0.5) is 0 Å². The summed E-state index contributed by atoms with van der Waals surface area (Å²) in [7, 11) is -5.39. The first kappa shape index (κ1) is 19.9. The highest BCUT2D eigenvalue weighted by Gasteiger charge is 2.17. The van der Waals surface area contributed by atoms with Crippen LogP contribution in [0.3, 0.4) is 0 Å². The lowest BCUT2D eigenvalue weighted by Gasteiger charge is -2.36. The van der Waals surface area contributed by atoms with Gasteiger partial charge in [-0.1, -0.05) is 26.7 Å². The number of ether oxygens (including phenoxy) is 1. The minimum Gasteiger partial charge on any atom is -0.822 e. The van der Waals surface area contributed by atoms with Crippen LogP contribution in [0, 0.1) is 0 Å². The van der Waals surface area contributed by atoms with E-state index in [-0.39, 0.29) is 12.0 Å². The smallest absolute Gasteiger partial charge is 0.364 e. The summed E-state index contributed by atoms with van der Waals surface area (Å²) in [6, 6.07) is -0.170. The summed E-state index contributed by atoms with van der Waals surface area (Å²) >= 11 is 0. The molecule has 0 rings (SSSR count). The van der Waals surface area contributed by atoms with Crippen LogP contribution in [0.2, 0.25) is 0 Å². The Morgan fingerprint density at radius 1 is 1.22 bits per heavy atom. The third-order valence-corrected chi connectivity index (χ3v) is 1.98. The highest BCUT2D eigenvalue weighted by Crippen LogP contribution is 2.03. The highest BCUT2D eigenvalue weighted by atomic mass is 31.2. The van der Waals surface area contributed by atoms with Gasteiger partial charge in [-0.3, -0.25) is 0 Å². The third kappa shape index (κ3) is 20.9. The van der Waals surface area contributed by atoms with E-state index in [9.17, 15) is 4.79 Å². The van der Waals surface area contributed by atoms with Crippen LogP contribution in [0.15, 0.2) is 0 Å². The Kier molecular flexibility index (Phi) is 12.8. The predicted molar refractivity (Wildman–Crippen MR) is 59.7 cm³/mol. The summed E-state index contributed by atoms with van der Waals surface area (Å²) in [5.41, 5.74) is 3.78. The lowest BCUT2D eigenvalue weighted by molar-refractivity contribution is -0.432. The first-order valence-electron chi connectivity index (χ1n) is 5.95. The number of quaternary nitrogens is 1. The number of carbonyl (C=O) groups is 1. The van der Waals surface area contributed by atoms with Crippen molar-refractivity contribution in [3.8, 4) is 0 Å². The van der Waals surface area contributed by atoms with E-state index in [1.807, 2.05) is 0 Å². The highest BCUT2D eigenvalue weighted by molar-refractivity contribution is 7.40. The largest absolute Gasteiger partial charge is 0.822 e. The molecule has 0 fully saturated rings. The molecule has 0 aromatic rings. The van der Waals surface area contributed by atoms with E-state index in [0.717, 1.165) is 32.1 Å². The Labute approximate surface area is 108 Å². The monoisotopic (exact) mass is 283 g/mol. The zero-order valence-corrected chi connectivity index (χ0v) is 11.8. The molecule has 8 heteroatoms. The van der Waals surface area contributed by atoms with Crippen LogP contribution in [0.25, 0.3) is 0 Å². The molecule has 0 radical (unpaired) electrons. The van der Waals surface area contributed by atoms with Crippen LogP contribution in [0.5, 0.6) is 0 Å². The Hall–Kier alpha value is -0.460. The molecule has 18 heavy (non-hydrogen) atoms. The van der Waals surface area contributed by atoms with E-state index in [1.54, 1.807) is 0 Å². The van der Waals surface area contributed by atoms with Crippen LogP contribution in [-0.4, -0.2) is 18.6 Å². The van der Waals surface area contributed by atoms with Crippen LogP contribution in [-0.2, 0) is 14.1 Å². The lowest BCUT2D eigenvalue weighted by atomic mass is 10.1. The van der Waals surface area contributed by atoms with Gasteiger partial charge in [0.05, 0.1) is 6.61 Å². The van der Waals surface area contributed by atoms with E-state index in [1.165, 1.54) is 0 Å². The molecule has 0 aromatic carbocycles. The normalized spacial score (nSPS) is 12.3. The quantitative estimate of drug-likeness (QED) is 0.335. The standard InChI is InChI=1S/C10H21NO2.H3O4P/c1-3-5-7-9(11)10(12)13-8-6-4-2;1-5(2,3)4/h9H,3-8,11H2,1-2H3;(H3,1,2,3,4)/p-2. The summed E-state index contributed by atoms with van der Waals surface area (Å²) in [5.74, 6) is -0.137. The number of carbonyl (C=O) groups excluding carboxylic acids is 1. The van der Waals surface area contributed by atoms with Gasteiger partial charge in [0.25, 0.3) is 0 Å². The maximum atomic E-state index is 11.2. The van der Waals surface area contributed by atoms with Crippen LogP contribution in [0.1, 0.15) is 46.0 Å². The van der Waals surface area contributed by atoms with E-state index in [4.69, 9.17) is 24.0 Å². The summed E-state index contributed by atoms with van der Waals surface area (Å²) in [6.07, 6.45) is 5.02. The van der Waals surface area contributed by atoms with Gasteiger partial charge in [-0.05, 0) is 12.8 Å². The average molecular weight is 283 g/mol. The SMILES string of the molecule is CCCCOC(=O)C([NH3+])CCCC.O=P([O-])([O-])[O-]. The van der Waals surface area contributed by atoms with Gasteiger partial charge >= 0.3 is 5.97 Å². The van der Waals surface area contributed by atoms with E-state index < -0.39 is 7.82 Å². The van der Waals surface area contributed by atoms with Gasteiger partial charge in [0, 0.05) is 6.42 Å². The van der Waals surface area contributed by atoms with Crippen molar-refractivity contribution in [3.05, 3.63) is 0 Å². The molecule has 1 atom stereocenters. The van der Waals surface area contributed by atoms with Crippen molar-refractivity contribution >= 4 is 13.8 Å². The van der Waals surface area contributed by atoms with Crippen molar-refractivity contribution in [2.24, 2.45) is 0 Å². The number of esters is 1. The molecule has 0 aliphatic heterocycles. The Morgan fingerprint density at radius 3 is 2.06 bits per heavy atom. The summed E-state index contributed by atoms with van der Waals surface area (Å²) in [4.78, 5) is 36.9. The second-order valence-corrected chi connectivity index (χ2v) is 4.70. The minimum atomic E-state index is -5.39. The molecule has 0 bridgehead atoms. The third-order valence-electron chi connectivity index (χ3n) is 1.98. The Balaban J connectivity index is 0. The summed E-state index contributed by atoms with van der Waals surface area (Å²) < 4.78 is 13.6. The van der Waals surface area contributed by atoms with Crippen LogP contribution < -0.4 is 20.4 Å². The molecule has 7 nitrogen and oxygen atoms in total. The molecular formula is C10H22NO6P-2. The van der Waals surface area contributed by atoms with Gasteiger partial charge in [-0.2, -0.15) is 7.82 Å². The fraction of sp³-hybridized carbons (Fsp3) is 0.900. The van der Waals surface area contributed by atoms with Crippen molar-refractivity contribution in [1.82, 2.24) is 0 Å². The fourth-order valence-electron chi connectivity index (χ4n) is 1.00. The zero-order chi connectivity index (χ0) is 14.6. The average Bonchev–Trinajstić information content (AvgIpc) is 2.23. The first-order chi connectivity index (χ1) is 8.22. The molecule has 0 saturated carbocycles. The van der Waals surface area contributed by atoms with Gasteiger partial charge in [0.1, 0.15) is 0 Å². The molecule has 110 valence electrons. The molecule has 0 aliphatic carbocycles. The maximum absolute atomic E-state index is 11.2. The van der Waals surface area contributed by atoms with Crippen molar-refractivity contribution < 1.29 is 34.5 Å². The van der Waals surface area contributed by atoms with Crippen molar-refractivity contribution in [2.75, 3.05) is 6.61 Å². The number of rotatable bonds is 7. The van der Waals surface area contributed by atoms with E-state index in [2.05, 4.69) is 19.6 Å². The molecule has 0 aromatic heterocycles. The Bertz CT molecular complexity index is 246. The maximum Gasteiger partial charge on any atom is 0.364 e. The molecule has 1 unspecified atom stereocenters. The first-order valence-corrected chi connectivity index (χ1v) is 7.41. The molecule has 0 saturated heterocycles. The molecule has 0 spiro atoms. The second-order valence-electron chi connectivity index (χ2n) is 3.81. The number of unbranched alkanes of at least 4 members (excludes halogenated alkanes) is 2. The van der Waals surface area contributed by atoms with E-state index in [0.29, 0.717) is 6.61 Å². The molecule has 0 heterocycles. The predicted octanol–water partition coefficient (Wildman–Crippen LogP) is -1.69. The van der Waals surface area contributed by atoms with Gasteiger partial charge in [0.2, 0.25) is 0 Å². The van der Waals surface area contributed by atoms with Gasteiger partial charge < -0.3 is 29.7 Å². The minimum absolute atomic E-state index is 0.137. The zero-order valence-electron chi connectivity index (χ0n) is 10.9. The molecule has 0 amide bonds. The summed E-state index contributed by atoms with van der Waals surface area (Å²) in [6.45, 7) is 4.73. The number of hydrogen-bond donors (Lipinski definition) is 1. The molecular weight excluding hydrogens is 261 g/mol. The second kappa shape index (κ2) is 11.6. The van der Waals surface area contributed by atoms with Crippen molar-refractivity contribution in [3.63, 3.8) is 0 Å². The van der Waals surface area contributed by atoms with Crippen molar-refractivity contribution in [2.45, 2.75) is 52.0 Å². The van der Waals surface area contributed by atoms with Gasteiger partial charge in [-0.25, -0.2) is 4.79 Å². The Morgan fingerprint density at radius 2 is 1.67 bits per heavy atom. The molecule has 0 aliphatic rings. The van der Waals surface area contributed by atoms with Gasteiger partial charge in [0.15, 0.2) is 6.04 Å².